The van der Waals surface area contributed by atoms with Gasteiger partial charge >= 0.3 is 5.97 Å². The van der Waals surface area contributed by atoms with Crippen LogP contribution in [0.15, 0.2) is 18.2 Å². The van der Waals surface area contributed by atoms with Gasteiger partial charge in [-0.2, -0.15) is 0 Å². The summed E-state index contributed by atoms with van der Waals surface area (Å²) in [5.74, 6) is -0.233. The van der Waals surface area contributed by atoms with E-state index in [0.29, 0.717) is 35.2 Å². The average molecular weight is 350 g/mol. The highest BCUT2D eigenvalue weighted by Gasteiger charge is 2.35. The number of rotatable bonds is 5. The van der Waals surface area contributed by atoms with Crippen LogP contribution in [-0.4, -0.2) is 52.0 Å². The van der Waals surface area contributed by atoms with E-state index in [0.717, 1.165) is 0 Å². The molecule has 1 aliphatic rings. The Morgan fingerprint density at radius 3 is 2.58 bits per heavy atom. The van der Waals surface area contributed by atoms with Crippen LogP contribution < -0.4 is 5.32 Å². The first-order valence-corrected chi connectivity index (χ1v) is 8.96. The lowest BCUT2D eigenvalue weighted by atomic mass is 10.0. The zero-order chi connectivity index (χ0) is 17.9. The van der Waals surface area contributed by atoms with Crippen molar-refractivity contribution in [2.24, 2.45) is 5.92 Å². The molecule has 1 aromatic rings. The Kier molecular flexibility index (Phi) is 5.88. The number of amides is 2. The highest BCUT2D eigenvalue weighted by Crippen LogP contribution is 2.24. The molecule has 0 bridgehead atoms. The van der Waals surface area contributed by atoms with Crippen molar-refractivity contribution in [3.63, 3.8) is 0 Å². The Labute approximate surface area is 145 Å². The molecule has 1 aliphatic heterocycles. The van der Waals surface area contributed by atoms with Gasteiger partial charge in [0.05, 0.1) is 11.4 Å². The van der Waals surface area contributed by atoms with Crippen molar-refractivity contribution >= 4 is 29.5 Å². The predicted octanol–water partition coefficient (Wildman–Crippen LogP) is 1.98. The molecular weight excluding hydrogens is 328 g/mol. The number of carboxylic acids is 1. The molecule has 0 saturated carbocycles. The summed E-state index contributed by atoms with van der Waals surface area (Å²) in [6.45, 7) is 6.32. The maximum absolute atomic E-state index is 12.8. The molecule has 0 aromatic heterocycles. The molecule has 6 nitrogen and oxygen atoms in total. The summed E-state index contributed by atoms with van der Waals surface area (Å²) in [7, 11) is 0. The van der Waals surface area contributed by atoms with E-state index >= 15 is 0 Å². The zero-order valence-corrected chi connectivity index (χ0v) is 14.9. The van der Waals surface area contributed by atoms with E-state index < -0.39 is 12.0 Å². The zero-order valence-electron chi connectivity index (χ0n) is 14.0. The standard InChI is InChI=1S/C17H22N2O4S/c1-10(2)7-18-15(20)14-8-24-9-19(14)16(21)12-4-11(3)5-13(6-12)17(22)23/h4-6,10,14H,7-9H2,1-3H3,(H,18,20)(H,22,23). The van der Waals surface area contributed by atoms with Crippen molar-refractivity contribution in [1.82, 2.24) is 10.2 Å². The van der Waals surface area contributed by atoms with Crippen molar-refractivity contribution in [2.45, 2.75) is 26.8 Å². The molecule has 2 rings (SSSR count). The Morgan fingerprint density at radius 2 is 1.96 bits per heavy atom. The molecule has 0 spiro atoms. The van der Waals surface area contributed by atoms with E-state index in [1.807, 2.05) is 13.8 Å². The van der Waals surface area contributed by atoms with Crippen LogP contribution >= 0.6 is 11.8 Å². The van der Waals surface area contributed by atoms with Crippen molar-refractivity contribution < 1.29 is 19.5 Å². The highest BCUT2D eigenvalue weighted by atomic mass is 32.2. The van der Waals surface area contributed by atoms with Crippen LogP contribution in [0.5, 0.6) is 0 Å². The van der Waals surface area contributed by atoms with Gasteiger partial charge in [-0.15, -0.1) is 11.8 Å². The quantitative estimate of drug-likeness (QED) is 0.848. The van der Waals surface area contributed by atoms with Crippen LogP contribution in [0.1, 0.15) is 40.1 Å². The number of aryl methyl sites for hydroxylation is 1. The molecule has 1 heterocycles. The van der Waals surface area contributed by atoms with E-state index in [9.17, 15) is 14.4 Å². The lowest BCUT2D eigenvalue weighted by molar-refractivity contribution is -0.124. The van der Waals surface area contributed by atoms with E-state index in [1.165, 1.54) is 28.8 Å². The average Bonchev–Trinajstić information content (AvgIpc) is 3.00. The molecule has 1 aromatic carbocycles. The number of carbonyl (C=O) groups is 3. The van der Waals surface area contributed by atoms with Gasteiger partial charge in [0.2, 0.25) is 5.91 Å². The number of hydrogen-bond donors (Lipinski definition) is 2. The van der Waals surface area contributed by atoms with Crippen molar-refractivity contribution in [3.05, 3.63) is 34.9 Å². The van der Waals surface area contributed by atoms with Crippen molar-refractivity contribution in [3.8, 4) is 0 Å². The van der Waals surface area contributed by atoms with Gasteiger partial charge in [0, 0.05) is 17.9 Å². The Balaban J connectivity index is 2.19. The SMILES string of the molecule is Cc1cc(C(=O)O)cc(C(=O)N2CSCC2C(=O)NCC(C)C)c1. The highest BCUT2D eigenvalue weighted by molar-refractivity contribution is 7.99. The van der Waals surface area contributed by atoms with Gasteiger partial charge in [-0.3, -0.25) is 9.59 Å². The maximum atomic E-state index is 12.8. The topological polar surface area (TPSA) is 86.7 Å². The number of benzene rings is 1. The molecule has 2 amide bonds. The third-order valence-corrected chi connectivity index (χ3v) is 4.71. The number of carboxylic acid groups (broad SMARTS) is 1. The van der Waals surface area contributed by atoms with Crippen LogP contribution in [0.2, 0.25) is 0 Å². The molecular formula is C17H22N2O4S. The van der Waals surface area contributed by atoms with E-state index in [2.05, 4.69) is 5.32 Å². The molecule has 1 atom stereocenters. The van der Waals surface area contributed by atoms with E-state index in [1.54, 1.807) is 13.0 Å². The van der Waals surface area contributed by atoms with Gasteiger partial charge in [0.25, 0.3) is 5.91 Å². The minimum atomic E-state index is -1.07. The number of thioether (sulfide) groups is 1. The normalized spacial score (nSPS) is 17.2. The van der Waals surface area contributed by atoms with Gasteiger partial charge in [0.1, 0.15) is 6.04 Å². The summed E-state index contributed by atoms with van der Waals surface area (Å²) >= 11 is 1.52. The summed E-state index contributed by atoms with van der Waals surface area (Å²) < 4.78 is 0. The summed E-state index contributed by atoms with van der Waals surface area (Å²) in [5.41, 5.74) is 1.08. The molecule has 2 N–H and O–H groups in total. The molecule has 7 heteroatoms. The lowest BCUT2D eigenvalue weighted by Gasteiger charge is -2.24. The summed E-state index contributed by atoms with van der Waals surface area (Å²) in [6, 6.07) is 4.02. The van der Waals surface area contributed by atoms with Gasteiger partial charge in [-0.1, -0.05) is 13.8 Å². The largest absolute Gasteiger partial charge is 0.478 e. The number of nitrogens with one attached hydrogen (secondary N) is 1. The molecule has 0 radical (unpaired) electrons. The van der Waals surface area contributed by atoms with Gasteiger partial charge in [-0.05, 0) is 36.6 Å². The smallest absolute Gasteiger partial charge is 0.335 e. The maximum Gasteiger partial charge on any atom is 0.335 e. The summed E-state index contributed by atoms with van der Waals surface area (Å²) in [5, 5.41) is 12.0. The van der Waals surface area contributed by atoms with Gasteiger partial charge < -0.3 is 15.3 Å². The second-order valence-corrected chi connectivity index (χ2v) is 7.32. The fourth-order valence-electron chi connectivity index (χ4n) is 2.48. The molecule has 1 fully saturated rings. The second-order valence-electron chi connectivity index (χ2n) is 6.32. The third-order valence-electron chi connectivity index (χ3n) is 3.70. The molecule has 0 aliphatic carbocycles. The number of aromatic carboxylic acids is 1. The van der Waals surface area contributed by atoms with E-state index in [4.69, 9.17) is 5.11 Å². The van der Waals surface area contributed by atoms with Crippen LogP contribution in [-0.2, 0) is 4.79 Å². The number of carbonyl (C=O) groups excluding carboxylic acids is 2. The Morgan fingerprint density at radius 1 is 1.29 bits per heavy atom. The van der Waals surface area contributed by atoms with E-state index in [-0.39, 0.29) is 17.4 Å². The monoisotopic (exact) mass is 350 g/mol. The minimum absolute atomic E-state index is 0.0750. The van der Waals surface area contributed by atoms with Gasteiger partial charge in [-0.25, -0.2) is 4.79 Å². The Bertz CT molecular complexity index is 660. The van der Waals surface area contributed by atoms with Crippen LogP contribution in [0.4, 0.5) is 0 Å². The van der Waals surface area contributed by atoms with Crippen LogP contribution in [0.3, 0.4) is 0 Å². The van der Waals surface area contributed by atoms with Crippen molar-refractivity contribution in [1.29, 1.82) is 0 Å². The molecule has 24 heavy (non-hydrogen) atoms. The van der Waals surface area contributed by atoms with Crippen LogP contribution in [0, 0.1) is 12.8 Å². The number of hydrogen-bond acceptors (Lipinski definition) is 4. The van der Waals surface area contributed by atoms with Crippen LogP contribution in [0.25, 0.3) is 0 Å². The first-order valence-electron chi connectivity index (χ1n) is 7.81. The number of nitrogens with zero attached hydrogens (tertiary/aromatic N) is 1. The fraction of sp³-hybridized carbons (Fsp3) is 0.471. The first kappa shape index (κ1) is 18.3. The third kappa shape index (κ3) is 4.29. The van der Waals surface area contributed by atoms with Crippen molar-refractivity contribution in [2.75, 3.05) is 18.2 Å². The lowest BCUT2D eigenvalue weighted by Crippen LogP contribution is -2.48. The summed E-state index contributed by atoms with van der Waals surface area (Å²) in [4.78, 5) is 37.8. The molecule has 1 unspecified atom stereocenters. The fourth-order valence-corrected chi connectivity index (χ4v) is 3.63. The second kappa shape index (κ2) is 7.70. The molecule has 130 valence electrons. The summed E-state index contributed by atoms with van der Waals surface area (Å²) in [6.07, 6.45) is 0. The van der Waals surface area contributed by atoms with Gasteiger partial charge in [0.15, 0.2) is 0 Å². The Hall–Kier alpha value is -2.02. The molecule has 1 saturated heterocycles. The predicted molar refractivity (Wildman–Crippen MR) is 93.3 cm³/mol. The minimum Gasteiger partial charge on any atom is -0.478 e. The first-order chi connectivity index (χ1) is 11.3.